The van der Waals surface area contributed by atoms with E-state index in [0.717, 1.165) is 6.42 Å². The van der Waals surface area contributed by atoms with E-state index >= 15 is 0 Å². The second-order valence-corrected chi connectivity index (χ2v) is 2.15. The van der Waals surface area contributed by atoms with Crippen LogP contribution in [0.5, 0.6) is 0 Å². The first-order chi connectivity index (χ1) is 3.79. The normalized spacial score (nSPS) is 18.6. The molecule has 0 fully saturated rings. The van der Waals surface area contributed by atoms with Crippen LogP contribution in [-0.4, -0.2) is 0 Å². The van der Waals surface area contributed by atoms with Gasteiger partial charge in [-0.05, 0) is 13.3 Å². The molecular formula is C8H10. The Kier molecular flexibility index (Phi) is 1.34. The van der Waals surface area contributed by atoms with E-state index in [0.29, 0.717) is 0 Å². The molecular weight excluding hydrogens is 96.1 g/mol. The van der Waals surface area contributed by atoms with Crippen molar-refractivity contribution >= 4 is 0 Å². The highest BCUT2D eigenvalue weighted by Gasteiger charge is 1.91. The fourth-order valence-corrected chi connectivity index (χ4v) is 0.825. The van der Waals surface area contributed by atoms with E-state index in [1.807, 2.05) is 0 Å². The minimum absolute atomic E-state index is 1.03. The molecule has 0 saturated heterocycles. The lowest BCUT2D eigenvalue weighted by molar-refractivity contribution is 1.24. The second kappa shape index (κ2) is 1.99. The zero-order valence-electron chi connectivity index (χ0n) is 5.15. The molecule has 1 rings (SSSR count). The molecule has 0 unspecified atom stereocenters. The quantitative estimate of drug-likeness (QED) is 0.445. The molecule has 1 aliphatic rings. The summed E-state index contributed by atoms with van der Waals surface area (Å²) in [5, 5.41) is 0. The van der Waals surface area contributed by atoms with Gasteiger partial charge in [0, 0.05) is 0 Å². The second-order valence-electron chi connectivity index (χ2n) is 2.15. The first-order valence-corrected chi connectivity index (χ1v) is 2.81. The molecule has 0 saturated carbocycles. The number of hydrogen-bond donors (Lipinski definition) is 0. The Morgan fingerprint density at radius 2 is 2.38 bits per heavy atom. The summed E-state index contributed by atoms with van der Waals surface area (Å²) >= 11 is 0. The van der Waals surface area contributed by atoms with Crippen molar-refractivity contribution < 1.29 is 0 Å². The van der Waals surface area contributed by atoms with Crippen molar-refractivity contribution in [2.24, 2.45) is 0 Å². The van der Waals surface area contributed by atoms with Crippen LogP contribution in [0.1, 0.15) is 13.3 Å². The van der Waals surface area contributed by atoms with E-state index in [1.54, 1.807) is 0 Å². The molecule has 0 aromatic carbocycles. The van der Waals surface area contributed by atoms with Gasteiger partial charge in [0.1, 0.15) is 0 Å². The van der Waals surface area contributed by atoms with Gasteiger partial charge in [-0.25, -0.2) is 0 Å². The lowest BCUT2D eigenvalue weighted by Gasteiger charge is -2.01. The molecule has 1 aliphatic carbocycles. The maximum atomic E-state index is 3.84. The van der Waals surface area contributed by atoms with Crippen LogP contribution < -0.4 is 0 Å². The van der Waals surface area contributed by atoms with Gasteiger partial charge in [0.25, 0.3) is 0 Å². The van der Waals surface area contributed by atoms with Crippen LogP contribution in [0.15, 0.2) is 36.0 Å². The minimum Gasteiger partial charge on any atom is -0.0955 e. The van der Waals surface area contributed by atoms with Gasteiger partial charge >= 0.3 is 0 Å². The third kappa shape index (κ3) is 1.09. The molecule has 0 amide bonds. The Balaban J connectivity index is 2.77. The topological polar surface area (TPSA) is 0 Å². The van der Waals surface area contributed by atoms with Crippen molar-refractivity contribution in [2.45, 2.75) is 13.3 Å². The third-order valence-electron chi connectivity index (χ3n) is 1.19. The first kappa shape index (κ1) is 5.36. The highest BCUT2D eigenvalue weighted by atomic mass is 14.0. The molecule has 0 bridgehead atoms. The predicted molar refractivity (Wildman–Crippen MR) is 36.7 cm³/mol. The van der Waals surface area contributed by atoms with Gasteiger partial charge in [0.05, 0.1) is 0 Å². The van der Waals surface area contributed by atoms with E-state index in [4.69, 9.17) is 0 Å². The van der Waals surface area contributed by atoms with Crippen LogP contribution in [0.2, 0.25) is 0 Å². The van der Waals surface area contributed by atoms with Gasteiger partial charge in [-0.1, -0.05) is 36.0 Å². The van der Waals surface area contributed by atoms with E-state index in [-0.39, 0.29) is 0 Å². The molecule has 0 N–H and O–H groups in total. The molecule has 0 atom stereocenters. The van der Waals surface area contributed by atoms with E-state index in [2.05, 4.69) is 31.7 Å². The smallest absolute Gasteiger partial charge is 0.01000 e. The average molecular weight is 106 g/mol. The zero-order chi connectivity index (χ0) is 5.98. The number of rotatable bonds is 0. The zero-order valence-corrected chi connectivity index (χ0v) is 5.15. The van der Waals surface area contributed by atoms with Crippen molar-refractivity contribution in [3.8, 4) is 0 Å². The Morgan fingerprint density at radius 1 is 1.62 bits per heavy atom. The van der Waals surface area contributed by atoms with Crippen LogP contribution in [0.4, 0.5) is 0 Å². The fourth-order valence-electron chi connectivity index (χ4n) is 0.825. The van der Waals surface area contributed by atoms with Gasteiger partial charge in [0.2, 0.25) is 0 Å². The van der Waals surface area contributed by atoms with Crippen LogP contribution >= 0.6 is 0 Å². The maximum absolute atomic E-state index is 3.84. The summed E-state index contributed by atoms with van der Waals surface area (Å²) in [6.45, 7) is 5.92. The molecule has 0 nitrogen and oxygen atoms in total. The number of allylic oxidation sites excluding steroid dienone is 5. The molecule has 0 radical (unpaired) electrons. The van der Waals surface area contributed by atoms with Crippen molar-refractivity contribution in [3.05, 3.63) is 36.0 Å². The minimum atomic E-state index is 1.03. The van der Waals surface area contributed by atoms with E-state index in [9.17, 15) is 0 Å². The van der Waals surface area contributed by atoms with Crippen LogP contribution in [-0.2, 0) is 0 Å². The van der Waals surface area contributed by atoms with E-state index < -0.39 is 0 Å². The van der Waals surface area contributed by atoms with E-state index in [1.165, 1.54) is 11.1 Å². The molecule has 0 heteroatoms. The number of hydrogen-bond acceptors (Lipinski definition) is 0. The first-order valence-electron chi connectivity index (χ1n) is 2.81. The Bertz CT molecular complexity index is 159. The Hall–Kier alpha value is -0.780. The van der Waals surface area contributed by atoms with Gasteiger partial charge < -0.3 is 0 Å². The van der Waals surface area contributed by atoms with Gasteiger partial charge in [-0.2, -0.15) is 0 Å². The predicted octanol–water partition coefficient (Wildman–Crippen LogP) is 2.45. The molecule has 0 aromatic rings. The molecule has 0 heterocycles. The lowest BCUT2D eigenvalue weighted by atomic mass is 10.1. The van der Waals surface area contributed by atoms with Gasteiger partial charge in [-0.15, -0.1) is 0 Å². The summed E-state index contributed by atoms with van der Waals surface area (Å²) in [5.74, 6) is 0. The summed E-state index contributed by atoms with van der Waals surface area (Å²) in [6.07, 6.45) is 7.39. The summed E-state index contributed by atoms with van der Waals surface area (Å²) in [5.41, 5.74) is 2.52. The molecule has 0 spiro atoms. The van der Waals surface area contributed by atoms with Crippen molar-refractivity contribution in [1.82, 2.24) is 0 Å². The summed E-state index contributed by atoms with van der Waals surface area (Å²) < 4.78 is 0. The Labute approximate surface area is 50.2 Å². The summed E-state index contributed by atoms with van der Waals surface area (Å²) in [6, 6.07) is 0. The maximum Gasteiger partial charge on any atom is -0.01000 e. The van der Waals surface area contributed by atoms with Crippen LogP contribution in [0.3, 0.4) is 0 Å². The van der Waals surface area contributed by atoms with Gasteiger partial charge in [0.15, 0.2) is 0 Å². The third-order valence-corrected chi connectivity index (χ3v) is 1.19. The highest BCUT2D eigenvalue weighted by Crippen LogP contribution is 2.12. The van der Waals surface area contributed by atoms with Crippen molar-refractivity contribution in [1.29, 1.82) is 0 Å². The fraction of sp³-hybridized carbons (Fsp3) is 0.250. The summed E-state index contributed by atoms with van der Waals surface area (Å²) in [7, 11) is 0. The average Bonchev–Trinajstić information content (AvgIpc) is 1.64. The molecule has 0 aliphatic heterocycles. The van der Waals surface area contributed by atoms with Crippen LogP contribution in [0, 0.1) is 0 Å². The standard InChI is InChI=1S/C8H10/c1-7-4-3-5-8(2)6-7/h3,5-6H,1,4H2,2H3. The molecule has 8 heavy (non-hydrogen) atoms. The summed E-state index contributed by atoms with van der Waals surface area (Å²) in [4.78, 5) is 0. The highest BCUT2D eigenvalue weighted by molar-refractivity contribution is 5.33. The van der Waals surface area contributed by atoms with Crippen molar-refractivity contribution in [3.63, 3.8) is 0 Å². The van der Waals surface area contributed by atoms with Crippen molar-refractivity contribution in [2.75, 3.05) is 0 Å². The lowest BCUT2D eigenvalue weighted by Crippen LogP contribution is -1.80. The molecule has 0 aromatic heterocycles. The van der Waals surface area contributed by atoms with Gasteiger partial charge in [-0.3, -0.25) is 0 Å². The molecule has 42 valence electrons. The Morgan fingerprint density at radius 3 is 2.75 bits per heavy atom. The SMILES string of the molecule is C=C1C=C(C)C=CC1. The largest absolute Gasteiger partial charge is 0.0955 e. The van der Waals surface area contributed by atoms with Crippen LogP contribution in [0.25, 0.3) is 0 Å². The monoisotopic (exact) mass is 106 g/mol.